The van der Waals surface area contributed by atoms with Crippen LogP contribution >= 0.6 is 0 Å². The molecule has 0 saturated carbocycles. The largest absolute Gasteiger partial charge is 0.477 e. The van der Waals surface area contributed by atoms with Crippen molar-refractivity contribution < 1.29 is 15.0 Å². The number of carbonyl (C=O) groups is 1. The maximum Gasteiger partial charge on any atom is 0.354 e. The Hall–Kier alpha value is -1.82. The minimum absolute atomic E-state index is 0.0335. The first-order valence-electron chi connectivity index (χ1n) is 5.84. The van der Waals surface area contributed by atoms with E-state index in [2.05, 4.69) is 4.98 Å². The van der Waals surface area contributed by atoms with E-state index in [0.717, 1.165) is 0 Å². The van der Waals surface area contributed by atoms with Crippen LogP contribution in [-0.4, -0.2) is 40.4 Å². The monoisotopic (exact) mass is 253 g/mol. The van der Waals surface area contributed by atoms with Crippen molar-refractivity contribution in [3.05, 3.63) is 17.8 Å². The van der Waals surface area contributed by atoms with Crippen LogP contribution in [-0.2, 0) is 0 Å². The van der Waals surface area contributed by atoms with Gasteiger partial charge < -0.3 is 20.8 Å². The van der Waals surface area contributed by atoms with Crippen molar-refractivity contribution in [3.8, 4) is 0 Å². The fourth-order valence-corrected chi connectivity index (χ4v) is 1.66. The van der Waals surface area contributed by atoms with Gasteiger partial charge in [0, 0.05) is 19.2 Å². The number of nitrogens with two attached hydrogens (primary N) is 1. The number of carboxylic acids is 1. The van der Waals surface area contributed by atoms with Gasteiger partial charge in [-0.1, -0.05) is 0 Å². The van der Waals surface area contributed by atoms with Gasteiger partial charge in [0.15, 0.2) is 11.5 Å². The van der Waals surface area contributed by atoms with Gasteiger partial charge in [0.1, 0.15) is 0 Å². The number of aliphatic hydroxyl groups excluding tert-OH is 1. The van der Waals surface area contributed by atoms with Gasteiger partial charge in [-0.05, 0) is 32.4 Å². The molecular weight excluding hydrogens is 234 g/mol. The van der Waals surface area contributed by atoms with Gasteiger partial charge in [0.25, 0.3) is 0 Å². The van der Waals surface area contributed by atoms with E-state index in [4.69, 9.17) is 15.9 Å². The molecule has 6 heteroatoms. The zero-order valence-corrected chi connectivity index (χ0v) is 10.6. The molecule has 18 heavy (non-hydrogen) atoms. The topological polar surface area (TPSA) is 99.7 Å². The molecule has 4 N–H and O–H groups in total. The number of aromatic carboxylic acids is 1. The maximum absolute atomic E-state index is 10.9. The zero-order chi connectivity index (χ0) is 13.7. The SMILES string of the molecule is CC(C)N(CCCO)c1nc(C(=O)O)ccc1N. The molecule has 0 spiro atoms. The van der Waals surface area contributed by atoms with Crippen LogP contribution in [0.5, 0.6) is 0 Å². The lowest BCUT2D eigenvalue weighted by molar-refractivity contribution is 0.0690. The minimum Gasteiger partial charge on any atom is -0.477 e. The van der Waals surface area contributed by atoms with Gasteiger partial charge in [0.05, 0.1) is 5.69 Å². The van der Waals surface area contributed by atoms with Gasteiger partial charge >= 0.3 is 5.97 Å². The van der Waals surface area contributed by atoms with Crippen LogP contribution in [0.1, 0.15) is 30.8 Å². The average Bonchev–Trinajstić information content (AvgIpc) is 2.31. The molecule has 0 aliphatic heterocycles. The number of anilines is 2. The summed E-state index contributed by atoms with van der Waals surface area (Å²) in [7, 11) is 0. The Morgan fingerprint density at radius 2 is 2.17 bits per heavy atom. The van der Waals surface area contributed by atoms with Gasteiger partial charge in [0.2, 0.25) is 0 Å². The fourth-order valence-electron chi connectivity index (χ4n) is 1.66. The first kappa shape index (κ1) is 14.2. The second kappa shape index (κ2) is 6.20. The maximum atomic E-state index is 10.9. The number of hydrogen-bond acceptors (Lipinski definition) is 5. The summed E-state index contributed by atoms with van der Waals surface area (Å²) in [6.07, 6.45) is 0.580. The molecule has 0 amide bonds. The number of hydrogen-bond donors (Lipinski definition) is 3. The summed E-state index contributed by atoms with van der Waals surface area (Å²) in [6.45, 7) is 4.58. The Labute approximate surface area is 106 Å². The van der Waals surface area contributed by atoms with Gasteiger partial charge in [-0.3, -0.25) is 0 Å². The second-order valence-electron chi connectivity index (χ2n) is 4.28. The van der Waals surface area contributed by atoms with Crippen molar-refractivity contribution in [2.75, 3.05) is 23.8 Å². The number of carboxylic acid groups (broad SMARTS) is 1. The molecule has 0 saturated heterocycles. The molecule has 0 unspecified atom stereocenters. The number of nitrogen functional groups attached to an aromatic ring is 1. The first-order valence-corrected chi connectivity index (χ1v) is 5.84. The van der Waals surface area contributed by atoms with E-state index < -0.39 is 5.97 Å². The third kappa shape index (κ3) is 3.33. The first-order chi connectivity index (χ1) is 8.47. The number of nitrogens with zero attached hydrogens (tertiary/aromatic N) is 2. The molecule has 1 aromatic heterocycles. The standard InChI is InChI=1S/C12H19N3O3/c1-8(2)15(6-3-7-16)11-9(13)4-5-10(14-11)12(17)18/h4-5,8,16H,3,6-7,13H2,1-2H3,(H,17,18). The lowest BCUT2D eigenvalue weighted by Gasteiger charge is -2.28. The molecular formula is C12H19N3O3. The summed E-state index contributed by atoms with van der Waals surface area (Å²) in [6, 6.07) is 3.04. The number of rotatable bonds is 6. The highest BCUT2D eigenvalue weighted by atomic mass is 16.4. The Morgan fingerprint density at radius 1 is 1.50 bits per heavy atom. The van der Waals surface area contributed by atoms with E-state index in [1.54, 1.807) is 6.07 Å². The van der Waals surface area contributed by atoms with Gasteiger partial charge in [-0.15, -0.1) is 0 Å². The van der Waals surface area contributed by atoms with E-state index in [1.165, 1.54) is 6.07 Å². The quantitative estimate of drug-likeness (QED) is 0.698. The highest BCUT2D eigenvalue weighted by Gasteiger charge is 2.17. The van der Waals surface area contributed by atoms with Crippen molar-refractivity contribution in [2.24, 2.45) is 0 Å². The molecule has 100 valence electrons. The molecule has 0 aromatic carbocycles. The summed E-state index contributed by atoms with van der Waals surface area (Å²) >= 11 is 0. The third-order valence-electron chi connectivity index (χ3n) is 2.58. The third-order valence-corrected chi connectivity index (χ3v) is 2.58. The van der Waals surface area contributed by atoms with Crippen LogP contribution in [0.15, 0.2) is 12.1 Å². The van der Waals surface area contributed by atoms with Crippen LogP contribution < -0.4 is 10.6 Å². The molecule has 1 aromatic rings. The van der Waals surface area contributed by atoms with Crippen molar-refractivity contribution >= 4 is 17.5 Å². The van der Waals surface area contributed by atoms with Crippen LogP contribution in [0.2, 0.25) is 0 Å². The number of aromatic nitrogens is 1. The molecule has 0 radical (unpaired) electrons. The molecule has 1 rings (SSSR count). The lowest BCUT2D eigenvalue weighted by Crippen LogP contribution is -2.34. The predicted molar refractivity (Wildman–Crippen MR) is 69.8 cm³/mol. The Kier molecular flexibility index (Phi) is 4.91. The summed E-state index contributed by atoms with van der Waals surface area (Å²) in [5, 5.41) is 17.8. The Balaban J connectivity index is 3.09. The molecule has 0 fully saturated rings. The Morgan fingerprint density at radius 3 is 2.67 bits per heavy atom. The van der Waals surface area contributed by atoms with Crippen molar-refractivity contribution in [2.45, 2.75) is 26.3 Å². The highest BCUT2D eigenvalue weighted by molar-refractivity contribution is 5.87. The summed E-state index contributed by atoms with van der Waals surface area (Å²) in [5.41, 5.74) is 6.24. The average molecular weight is 253 g/mol. The zero-order valence-electron chi connectivity index (χ0n) is 10.6. The van der Waals surface area contributed by atoms with E-state index in [0.29, 0.717) is 24.5 Å². The van der Waals surface area contributed by atoms with E-state index in [9.17, 15) is 4.79 Å². The van der Waals surface area contributed by atoms with Crippen molar-refractivity contribution in [1.29, 1.82) is 0 Å². The molecule has 0 atom stereocenters. The van der Waals surface area contributed by atoms with E-state index in [-0.39, 0.29) is 18.3 Å². The Bertz CT molecular complexity index is 421. The molecule has 1 heterocycles. The summed E-state index contributed by atoms with van der Waals surface area (Å²) in [5.74, 6) is -0.625. The summed E-state index contributed by atoms with van der Waals surface area (Å²) < 4.78 is 0. The molecule has 0 aliphatic rings. The fraction of sp³-hybridized carbons (Fsp3) is 0.500. The van der Waals surface area contributed by atoms with Crippen LogP contribution in [0.3, 0.4) is 0 Å². The summed E-state index contributed by atoms with van der Waals surface area (Å²) in [4.78, 5) is 16.9. The van der Waals surface area contributed by atoms with Gasteiger partial charge in [-0.25, -0.2) is 9.78 Å². The molecule has 0 aliphatic carbocycles. The number of pyridine rings is 1. The lowest BCUT2D eigenvalue weighted by atomic mass is 10.2. The van der Waals surface area contributed by atoms with Crippen LogP contribution in [0, 0.1) is 0 Å². The molecule has 6 nitrogen and oxygen atoms in total. The molecule has 0 bridgehead atoms. The van der Waals surface area contributed by atoms with Gasteiger partial charge in [-0.2, -0.15) is 0 Å². The second-order valence-corrected chi connectivity index (χ2v) is 4.28. The minimum atomic E-state index is -1.08. The normalized spacial score (nSPS) is 10.7. The van der Waals surface area contributed by atoms with Crippen molar-refractivity contribution in [3.63, 3.8) is 0 Å². The van der Waals surface area contributed by atoms with Crippen LogP contribution in [0.25, 0.3) is 0 Å². The van der Waals surface area contributed by atoms with E-state index >= 15 is 0 Å². The predicted octanol–water partition coefficient (Wildman–Crippen LogP) is 0.959. The van der Waals surface area contributed by atoms with Crippen molar-refractivity contribution in [1.82, 2.24) is 4.98 Å². The highest BCUT2D eigenvalue weighted by Crippen LogP contribution is 2.23. The van der Waals surface area contributed by atoms with Crippen LogP contribution in [0.4, 0.5) is 11.5 Å². The van der Waals surface area contributed by atoms with E-state index in [1.807, 2.05) is 18.7 Å². The number of aliphatic hydroxyl groups is 1. The smallest absolute Gasteiger partial charge is 0.354 e.